The van der Waals surface area contributed by atoms with E-state index in [2.05, 4.69) is 10.6 Å². The molecule has 2 amide bonds. The van der Waals surface area contributed by atoms with Crippen LogP contribution in [0.25, 0.3) is 0 Å². The van der Waals surface area contributed by atoms with Gasteiger partial charge in [-0.1, -0.05) is 24.3 Å². The Balaban J connectivity index is 1.74. The number of benzene rings is 2. The highest BCUT2D eigenvalue weighted by Gasteiger charge is 2.11. The third-order valence-electron chi connectivity index (χ3n) is 3.34. The summed E-state index contributed by atoms with van der Waals surface area (Å²) in [6.45, 7) is 0.402. The van der Waals surface area contributed by atoms with Crippen molar-refractivity contribution >= 4 is 17.5 Å². The van der Waals surface area contributed by atoms with Gasteiger partial charge >= 0.3 is 0 Å². The average Bonchev–Trinajstić information content (AvgIpc) is 2.57. The fraction of sp³-hybridized carbons (Fsp3) is 0.222. The molecule has 2 aromatic rings. The van der Waals surface area contributed by atoms with E-state index in [1.54, 1.807) is 13.2 Å². The summed E-state index contributed by atoms with van der Waals surface area (Å²) < 4.78 is 18.5. The van der Waals surface area contributed by atoms with Crippen molar-refractivity contribution in [3.05, 3.63) is 59.9 Å². The van der Waals surface area contributed by atoms with E-state index in [9.17, 15) is 14.0 Å². The number of nitrogens with one attached hydrogen (secondary N) is 2. The lowest BCUT2D eigenvalue weighted by atomic mass is 10.1. The van der Waals surface area contributed by atoms with Crippen LogP contribution in [0.1, 0.15) is 12.0 Å². The van der Waals surface area contributed by atoms with Crippen LogP contribution in [-0.4, -0.2) is 25.5 Å². The Hall–Kier alpha value is -2.89. The molecule has 0 saturated heterocycles. The molecular formula is C18H19FN2O3. The third kappa shape index (κ3) is 5.39. The number of carbonyl (C=O) groups excluding carboxylic acids is 2. The molecule has 0 aliphatic rings. The Bertz CT molecular complexity index is 719. The smallest absolute Gasteiger partial charge is 0.233 e. The topological polar surface area (TPSA) is 67.4 Å². The highest BCUT2D eigenvalue weighted by atomic mass is 19.1. The summed E-state index contributed by atoms with van der Waals surface area (Å²) >= 11 is 0. The molecule has 0 radical (unpaired) electrons. The molecule has 0 bridgehead atoms. The molecule has 0 aromatic heterocycles. The summed E-state index contributed by atoms with van der Waals surface area (Å²) in [4.78, 5) is 23.5. The van der Waals surface area contributed by atoms with Crippen LogP contribution in [0.2, 0.25) is 0 Å². The third-order valence-corrected chi connectivity index (χ3v) is 3.34. The zero-order valence-corrected chi connectivity index (χ0v) is 13.3. The molecule has 6 heteroatoms. The van der Waals surface area contributed by atoms with Crippen molar-refractivity contribution in [3.63, 3.8) is 0 Å². The number of hydrogen-bond acceptors (Lipinski definition) is 3. The summed E-state index contributed by atoms with van der Waals surface area (Å²) in [6.07, 6.45) is 0.268. The largest absolute Gasteiger partial charge is 0.497 e. The van der Waals surface area contributed by atoms with Crippen LogP contribution in [0.4, 0.5) is 10.1 Å². The minimum Gasteiger partial charge on any atom is -0.497 e. The molecular weight excluding hydrogens is 311 g/mol. The number of ether oxygens (including phenoxy) is 1. The number of methoxy groups -OCH3 is 1. The molecule has 2 N–H and O–H groups in total. The Morgan fingerprint density at radius 1 is 1.08 bits per heavy atom. The van der Waals surface area contributed by atoms with Gasteiger partial charge in [0.1, 0.15) is 18.0 Å². The van der Waals surface area contributed by atoms with E-state index < -0.39 is 17.6 Å². The van der Waals surface area contributed by atoms with Gasteiger partial charge in [-0.15, -0.1) is 0 Å². The van der Waals surface area contributed by atoms with Gasteiger partial charge in [0.25, 0.3) is 0 Å². The molecule has 0 unspecified atom stereocenters. The Labute approximate surface area is 139 Å². The minimum atomic E-state index is -0.556. The molecule has 0 atom stereocenters. The van der Waals surface area contributed by atoms with Crippen LogP contribution in [0, 0.1) is 5.82 Å². The van der Waals surface area contributed by atoms with Gasteiger partial charge in [0.2, 0.25) is 11.8 Å². The van der Waals surface area contributed by atoms with Crippen molar-refractivity contribution in [3.8, 4) is 5.75 Å². The normalized spacial score (nSPS) is 10.1. The fourth-order valence-corrected chi connectivity index (χ4v) is 2.14. The van der Waals surface area contributed by atoms with E-state index >= 15 is 0 Å². The summed E-state index contributed by atoms with van der Waals surface area (Å²) in [6, 6.07) is 13.3. The van der Waals surface area contributed by atoms with Crippen molar-refractivity contribution in [1.82, 2.24) is 5.32 Å². The number of halogens is 1. The average molecular weight is 330 g/mol. The number of hydrogen-bond donors (Lipinski definition) is 2. The summed E-state index contributed by atoms with van der Waals surface area (Å²) in [5, 5.41) is 5.04. The predicted molar refractivity (Wildman–Crippen MR) is 89.4 cm³/mol. The number of carbonyl (C=O) groups is 2. The van der Waals surface area contributed by atoms with E-state index in [0.29, 0.717) is 13.0 Å². The first-order chi connectivity index (χ1) is 11.6. The molecule has 2 aromatic carbocycles. The van der Waals surface area contributed by atoms with Crippen LogP contribution >= 0.6 is 0 Å². The molecule has 0 saturated carbocycles. The standard InChI is InChI=1S/C18H19FN2O3/c1-24-14-6-4-5-13(11-14)9-10-20-17(22)12-18(23)21-16-8-3-2-7-15(16)19/h2-8,11H,9-10,12H2,1H3,(H,20,22)(H,21,23). The highest BCUT2D eigenvalue weighted by Crippen LogP contribution is 2.13. The molecule has 24 heavy (non-hydrogen) atoms. The van der Waals surface area contributed by atoms with Crippen LogP contribution in [0.15, 0.2) is 48.5 Å². The molecule has 5 nitrogen and oxygen atoms in total. The highest BCUT2D eigenvalue weighted by molar-refractivity contribution is 6.03. The Morgan fingerprint density at radius 3 is 2.62 bits per heavy atom. The van der Waals surface area contributed by atoms with E-state index in [1.165, 1.54) is 18.2 Å². The lowest BCUT2D eigenvalue weighted by Crippen LogP contribution is -2.29. The SMILES string of the molecule is COc1cccc(CCNC(=O)CC(=O)Nc2ccccc2F)c1. The van der Waals surface area contributed by atoms with Crippen molar-refractivity contribution in [2.24, 2.45) is 0 Å². The minimum absolute atomic E-state index is 0.0617. The van der Waals surface area contributed by atoms with Gasteiger partial charge in [-0.3, -0.25) is 9.59 Å². The van der Waals surface area contributed by atoms with Gasteiger partial charge in [0.15, 0.2) is 0 Å². The quantitative estimate of drug-likeness (QED) is 0.767. The summed E-state index contributed by atoms with van der Waals surface area (Å²) in [5.74, 6) is -0.752. The monoisotopic (exact) mass is 330 g/mol. The molecule has 0 fully saturated rings. The van der Waals surface area contributed by atoms with E-state index in [4.69, 9.17) is 4.74 Å². The molecule has 2 rings (SSSR count). The second-order valence-electron chi connectivity index (χ2n) is 5.16. The number of amides is 2. The second-order valence-corrected chi connectivity index (χ2v) is 5.16. The maximum absolute atomic E-state index is 13.4. The zero-order chi connectivity index (χ0) is 17.4. The van der Waals surface area contributed by atoms with Gasteiger partial charge in [0.05, 0.1) is 12.8 Å². The number of anilines is 1. The molecule has 0 aliphatic carbocycles. The van der Waals surface area contributed by atoms with E-state index in [-0.39, 0.29) is 12.1 Å². The van der Waals surface area contributed by atoms with Crippen LogP contribution in [0.3, 0.4) is 0 Å². The van der Waals surface area contributed by atoms with Crippen molar-refractivity contribution in [2.75, 3.05) is 19.0 Å². The predicted octanol–water partition coefficient (Wildman–Crippen LogP) is 2.52. The molecule has 0 heterocycles. The van der Waals surface area contributed by atoms with Gasteiger partial charge in [0, 0.05) is 6.54 Å². The van der Waals surface area contributed by atoms with E-state index in [1.807, 2.05) is 24.3 Å². The molecule has 0 aliphatic heterocycles. The molecule has 0 spiro atoms. The Kier molecular flexibility index (Phi) is 6.31. The maximum Gasteiger partial charge on any atom is 0.233 e. The van der Waals surface area contributed by atoms with Crippen LogP contribution in [0.5, 0.6) is 5.75 Å². The van der Waals surface area contributed by atoms with E-state index in [0.717, 1.165) is 11.3 Å². The summed E-state index contributed by atoms with van der Waals surface area (Å²) in [7, 11) is 1.59. The van der Waals surface area contributed by atoms with Crippen molar-refractivity contribution in [1.29, 1.82) is 0 Å². The van der Waals surface area contributed by atoms with Gasteiger partial charge in [-0.2, -0.15) is 0 Å². The van der Waals surface area contributed by atoms with Gasteiger partial charge < -0.3 is 15.4 Å². The summed E-state index contributed by atoms with van der Waals surface area (Å²) in [5.41, 5.74) is 1.08. The Morgan fingerprint density at radius 2 is 1.88 bits per heavy atom. The first kappa shape index (κ1) is 17.5. The van der Waals surface area contributed by atoms with Crippen LogP contribution < -0.4 is 15.4 Å². The van der Waals surface area contributed by atoms with Gasteiger partial charge in [-0.05, 0) is 36.2 Å². The second kappa shape index (κ2) is 8.67. The maximum atomic E-state index is 13.4. The number of rotatable bonds is 7. The van der Waals surface area contributed by atoms with Crippen molar-refractivity contribution < 1.29 is 18.7 Å². The lowest BCUT2D eigenvalue weighted by Gasteiger charge is -2.08. The van der Waals surface area contributed by atoms with Crippen LogP contribution in [-0.2, 0) is 16.0 Å². The lowest BCUT2D eigenvalue weighted by molar-refractivity contribution is -0.126. The fourth-order valence-electron chi connectivity index (χ4n) is 2.14. The molecule has 126 valence electrons. The first-order valence-corrected chi connectivity index (χ1v) is 7.52. The van der Waals surface area contributed by atoms with Crippen molar-refractivity contribution in [2.45, 2.75) is 12.8 Å². The number of para-hydroxylation sites is 1. The zero-order valence-electron chi connectivity index (χ0n) is 13.3. The first-order valence-electron chi connectivity index (χ1n) is 7.52. The van der Waals surface area contributed by atoms with Gasteiger partial charge in [-0.25, -0.2) is 4.39 Å².